The highest BCUT2D eigenvalue weighted by Gasteiger charge is 2.17. The van der Waals surface area contributed by atoms with Crippen molar-refractivity contribution in [1.82, 2.24) is 15.0 Å². The van der Waals surface area contributed by atoms with Crippen LogP contribution in [0.5, 0.6) is 0 Å². The third-order valence-corrected chi connectivity index (χ3v) is 11.1. The Hall–Kier alpha value is -7.49. The molecule has 0 aliphatic rings. The van der Waals surface area contributed by atoms with E-state index in [2.05, 4.69) is 175 Å². The standard InChI is InChI=1S/C53H33N3/c1-2-10-36(11-3-1)49-33-50(41-15-6-13-39(31-41)34-27-29-54-30-28-34)56-53(55-49)42-16-7-14-40(32-42)44-23-19-37-22-26-48-46(24-20-38-21-25-47(44)51(37)52(38)48)45-18-8-12-35-9-4-5-17-43(35)45/h1-33H. The summed E-state index contributed by atoms with van der Waals surface area (Å²) >= 11 is 0. The van der Waals surface area contributed by atoms with Crippen LogP contribution in [0.3, 0.4) is 0 Å². The number of aromatic nitrogens is 3. The van der Waals surface area contributed by atoms with Gasteiger partial charge in [-0.1, -0.05) is 158 Å². The lowest BCUT2D eigenvalue weighted by molar-refractivity contribution is 1.18. The Morgan fingerprint density at radius 3 is 1.64 bits per heavy atom. The van der Waals surface area contributed by atoms with Crippen molar-refractivity contribution >= 4 is 43.1 Å². The summed E-state index contributed by atoms with van der Waals surface area (Å²) in [6.07, 6.45) is 3.66. The topological polar surface area (TPSA) is 38.7 Å². The Labute approximate surface area is 324 Å². The van der Waals surface area contributed by atoms with Crippen LogP contribution < -0.4 is 0 Å². The molecular formula is C53H33N3. The van der Waals surface area contributed by atoms with Gasteiger partial charge in [-0.2, -0.15) is 0 Å². The second kappa shape index (κ2) is 13.1. The van der Waals surface area contributed by atoms with Crippen LogP contribution in [0.1, 0.15) is 0 Å². The van der Waals surface area contributed by atoms with Gasteiger partial charge in [0.2, 0.25) is 0 Å². The second-order valence-electron chi connectivity index (χ2n) is 14.4. The average Bonchev–Trinajstić information content (AvgIpc) is 3.28. The molecule has 0 aliphatic carbocycles. The number of benzene rings is 9. The number of hydrogen-bond acceptors (Lipinski definition) is 3. The minimum Gasteiger partial charge on any atom is -0.265 e. The van der Waals surface area contributed by atoms with Crippen LogP contribution in [0.2, 0.25) is 0 Å². The Balaban J connectivity index is 1.06. The van der Waals surface area contributed by atoms with Crippen molar-refractivity contribution in [3.05, 3.63) is 200 Å². The summed E-state index contributed by atoms with van der Waals surface area (Å²) in [5.74, 6) is 0.690. The summed E-state index contributed by atoms with van der Waals surface area (Å²) in [5.41, 5.74) is 11.9. The molecule has 3 nitrogen and oxygen atoms in total. The van der Waals surface area contributed by atoms with Crippen LogP contribution in [0.15, 0.2) is 200 Å². The lowest BCUT2D eigenvalue weighted by atomic mass is 9.86. The molecule has 9 aromatic carbocycles. The van der Waals surface area contributed by atoms with E-state index in [0.29, 0.717) is 5.82 Å². The Bertz CT molecular complexity index is 3240. The summed E-state index contributed by atoms with van der Waals surface area (Å²) in [6, 6.07) is 67.4. The van der Waals surface area contributed by atoms with E-state index in [4.69, 9.17) is 9.97 Å². The molecule has 0 atom stereocenters. The molecular weight excluding hydrogens is 679 g/mol. The summed E-state index contributed by atoms with van der Waals surface area (Å²) in [6.45, 7) is 0. The fraction of sp³-hybridized carbons (Fsp3) is 0. The molecule has 0 bridgehead atoms. The van der Waals surface area contributed by atoms with E-state index < -0.39 is 0 Å². The predicted octanol–water partition coefficient (Wildman–Crippen LogP) is 13.9. The van der Waals surface area contributed by atoms with Gasteiger partial charge < -0.3 is 0 Å². The maximum atomic E-state index is 5.23. The predicted molar refractivity (Wildman–Crippen MR) is 234 cm³/mol. The van der Waals surface area contributed by atoms with Crippen molar-refractivity contribution < 1.29 is 0 Å². The summed E-state index contributed by atoms with van der Waals surface area (Å²) in [4.78, 5) is 14.6. The molecule has 0 fully saturated rings. The zero-order valence-corrected chi connectivity index (χ0v) is 30.4. The molecule has 11 aromatic rings. The quantitative estimate of drug-likeness (QED) is 0.161. The number of nitrogens with zero attached hydrogens (tertiary/aromatic N) is 3. The largest absolute Gasteiger partial charge is 0.265 e. The zero-order chi connectivity index (χ0) is 37.0. The lowest BCUT2D eigenvalue weighted by Gasteiger charge is -2.17. The first-order chi connectivity index (χ1) is 27.7. The van der Waals surface area contributed by atoms with Crippen molar-refractivity contribution in [2.75, 3.05) is 0 Å². The van der Waals surface area contributed by atoms with Crippen LogP contribution in [-0.2, 0) is 0 Å². The van der Waals surface area contributed by atoms with Crippen molar-refractivity contribution in [3.8, 4) is 67.3 Å². The molecule has 0 aliphatic heterocycles. The van der Waals surface area contributed by atoms with Crippen molar-refractivity contribution in [3.63, 3.8) is 0 Å². The zero-order valence-electron chi connectivity index (χ0n) is 30.4. The molecule has 0 amide bonds. The van der Waals surface area contributed by atoms with E-state index in [1.54, 1.807) is 0 Å². The van der Waals surface area contributed by atoms with Crippen LogP contribution >= 0.6 is 0 Å². The van der Waals surface area contributed by atoms with E-state index in [-0.39, 0.29) is 0 Å². The van der Waals surface area contributed by atoms with Gasteiger partial charge in [-0.25, -0.2) is 9.97 Å². The first-order valence-corrected chi connectivity index (χ1v) is 19.0. The third kappa shape index (κ3) is 5.40. The van der Waals surface area contributed by atoms with E-state index in [1.165, 1.54) is 59.8 Å². The summed E-state index contributed by atoms with van der Waals surface area (Å²) < 4.78 is 0. The minimum absolute atomic E-state index is 0.690. The van der Waals surface area contributed by atoms with Crippen molar-refractivity contribution in [1.29, 1.82) is 0 Å². The molecule has 0 spiro atoms. The molecule has 0 saturated carbocycles. The molecule has 0 radical (unpaired) electrons. The molecule has 0 N–H and O–H groups in total. The lowest BCUT2D eigenvalue weighted by Crippen LogP contribution is -1.96. The number of pyridine rings is 1. The smallest absolute Gasteiger partial charge is 0.160 e. The number of fused-ring (bicyclic) bond motifs is 1. The summed E-state index contributed by atoms with van der Waals surface area (Å²) in [5, 5.41) is 10.1. The van der Waals surface area contributed by atoms with Gasteiger partial charge >= 0.3 is 0 Å². The molecule has 11 rings (SSSR count). The first kappa shape index (κ1) is 32.0. The van der Waals surface area contributed by atoms with Crippen LogP contribution in [0.4, 0.5) is 0 Å². The second-order valence-corrected chi connectivity index (χ2v) is 14.4. The maximum absolute atomic E-state index is 5.23. The van der Waals surface area contributed by atoms with E-state index in [9.17, 15) is 0 Å². The fourth-order valence-electron chi connectivity index (χ4n) is 8.46. The van der Waals surface area contributed by atoms with Crippen molar-refractivity contribution in [2.45, 2.75) is 0 Å². The van der Waals surface area contributed by atoms with Gasteiger partial charge in [0, 0.05) is 29.1 Å². The molecule has 0 saturated heterocycles. The molecule has 2 aromatic heterocycles. The molecule has 260 valence electrons. The number of rotatable bonds is 6. The molecule has 0 unspecified atom stereocenters. The van der Waals surface area contributed by atoms with Gasteiger partial charge in [-0.05, 0) is 107 Å². The normalized spacial score (nSPS) is 11.6. The molecule has 56 heavy (non-hydrogen) atoms. The van der Waals surface area contributed by atoms with E-state index in [0.717, 1.165) is 44.8 Å². The van der Waals surface area contributed by atoms with Gasteiger partial charge in [-0.3, -0.25) is 4.98 Å². The van der Waals surface area contributed by atoms with E-state index >= 15 is 0 Å². The SMILES string of the molecule is c1ccc(-c2cc(-c3cccc(-c4ccncc4)c3)nc(-c3cccc(-c4ccc5ccc6c(-c7cccc8ccccc78)ccc7ccc4c5c76)c3)n2)cc1. The van der Waals surface area contributed by atoms with Gasteiger partial charge in [0.05, 0.1) is 11.4 Å². The Kier molecular flexibility index (Phi) is 7.49. The van der Waals surface area contributed by atoms with Gasteiger partial charge in [0.15, 0.2) is 5.82 Å². The Morgan fingerprint density at radius 1 is 0.286 bits per heavy atom. The van der Waals surface area contributed by atoms with Gasteiger partial charge in [-0.15, -0.1) is 0 Å². The van der Waals surface area contributed by atoms with Crippen molar-refractivity contribution in [2.24, 2.45) is 0 Å². The monoisotopic (exact) mass is 711 g/mol. The molecule has 3 heteroatoms. The maximum Gasteiger partial charge on any atom is 0.160 e. The number of hydrogen-bond donors (Lipinski definition) is 0. The van der Waals surface area contributed by atoms with E-state index in [1.807, 2.05) is 30.6 Å². The first-order valence-electron chi connectivity index (χ1n) is 19.0. The molecule has 2 heterocycles. The summed E-state index contributed by atoms with van der Waals surface area (Å²) in [7, 11) is 0. The average molecular weight is 712 g/mol. The minimum atomic E-state index is 0.690. The van der Waals surface area contributed by atoms with Crippen LogP contribution in [0, 0.1) is 0 Å². The third-order valence-electron chi connectivity index (χ3n) is 11.1. The highest BCUT2D eigenvalue weighted by molar-refractivity contribution is 6.28. The van der Waals surface area contributed by atoms with Gasteiger partial charge in [0.1, 0.15) is 0 Å². The Morgan fingerprint density at radius 2 is 0.839 bits per heavy atom. The van der Waals surface area contributed by atoms with Crippen LogP contribution in [-0.4, -0.2) is 15.0 Å². The highest BCUT2D eigenvalue weighted by atomic mass is 14.9. The van der Waals surface area contributed by atoms with Crippen LogP contribution in [0.25, 0.3) is 110 Å². The fourth-order valence-corrected chi connectivity index (χ4v) is 8.46. The highest BCUT2D eigenvalue weighted by Crippen LogP contribution is 2.44. The van der Waals surface area contributed by atoms with Gasteiger partial charge in [0.25, 0.3) is 0 Å².